The molecule has 4 heteroatoms. The first-order valence-electron chi connectivity index (χ1n) is 9.61. The molecule has 0 N–H and O–H groups in total. The third-order valence-electron chi connectivity index (χ3n) is 5.47. The van der Waals surface area contributed by atoms with Crippen LogP contribution in [0.4, 0.5) is 0 Å². The molecule has 0 spiro atoms. The van der Waals surface area contributed by atoms with Crippen LogP contribution in [0.2, 0.25) is 0 Å². The van der Waals surface area contributed by atoms with Crippen LogP contribution in [0.1, 0.15) is 47.6 Å². The van der Waals surface area contributed by atoms with Crippen LogP contribution in [0.3, 0.4) is 0 Å². The van der Waals surface area contributed by atoms with Crippen LogP contribution in [-0.2, 0) is 11.2 Å². The normalized spacial score (nSPS) is 16.4. The molecule has 1 aliphatic rings. The second-order valence-corrected chi connectivity index (χ2v) is 7.29. The standard InChI is InChI=1S/C23H29NO3/c1-16-7-8-18(17(2)14-16)10-12-23(25)24-13-5-6-20(24)19-9-11-21(26-3)22(15-19)27-4/h7-9,11,14-15,20H,5-6,10,12-13H2,1-4H3. The number of carbonyl (C=O) groups excluding carboxylic acids is 1. The lowest BCUT2D eigenvalue weighted by Gasteiger charge is -2.26. The zero-order valence-corrected chi connectivity index (χ0v) is 16.7. The fraction of sp³-hybridized carbons (Fsp3) is 0.435. The first-order chi connectivity index (χ1) is 13.0. The lowest BCUT2D eigenvalue weighted by atomic mass is 10.0. The molecule has 1 amide bonds. The molecular formula is C23H29NO3. The van der Waals surface area contributed by atoms with Crippen LogP contribution in [0.5, 0.6) is 11.5 Å². The Morgan fingerprint density at radius 1 is 1.07 bits per heavy atom. The van der Waals surface area contributed by atoms with Crippen LogP contribution >= 0.6 is 0 Å². The number of rotatable bonds is 6. The van der Waals surface area contributed by atoms with Crippen molar-refractivity contribution < 1.29 is 14.3 Å². The number of likely N-dealkylation sites (tertiary alicyclic amines) is 1. The van der Waals surface area contributed by atoms with Crippen LogP contribution in [0, 0.1) is 13.8 Å². The smallest absolute Gasteiger partial charge is 0.223 e. The van der Waals surface area contributed by atoms with Gasteiger partial charge in [0.25, 0.3) is 0 Å². The zero-order chi connectivity index (χ0) is 19.4. The summed E-state index contributed by atoms with van der Waals surface area (Å²) in [6.07, 6.45) is 3.37. The van der Waals surface area contributed by atoms with E-state index in [2.05, 4.69) is 32.0 Å². The van der Waals surface area contributed by atoms with Gasteiger partial charge in [-0.05, 0) is 61.9 Å². The summed E-state index contributed by atoms with van der Waals surface area (Å²) in [7, 11) is 3.28. The topological polar surface area (TPSA) is 38.8 Å². The highest BCUT2D eigenvalue weighted by atomic mass is 16.5. The van der Waals surface area contributed by atoms with Crippen molar-refractivity contribution in [1.82, 2.24) is 4.90 Å². The first kappa shape index (κ1) is 19.3. The van der Waals surface area contributed by atoms with Gasteiger partial charge in [0.2, 0.25) is 5.91 Å². The fourth-order valence-electron chi connectivity index (χ4n) is 3.98. The summed E-state index contributed by atoms with van der Waals surface area (Å²) in [6.45, 7) is 5.04. The fourth-order valence-corrected chi connectivity index (χ4v) is 3.98. The number of hydrogen-bond donors (Lipinski definition) is 0. The Morgan fingerprint density at radius 2 is 1.85 bits per heavy atom. The van der Waals surface area contributed by atoms with Gasteiger partial charge in [0, 0.05) is 13.0 Å². The van der Waals surface area contributed by atoms with E-state index >= 15 is 0 Å². The maximum absolute atomic E-state index is 12.9. The molecule has 1 aliphatic heterocycles. The lowest BCUT2D eigenvalue weighted by Crippen LogP contribution is -2.30. The number of hydrogen-bond acceptors (Lipinski definition) is 3. The molecule has 0 aliphatic carbocycles. The van der Waals surface area contributed by atoms with E-state index in [0.29, 0.717) is 17.9 Å². The Morgan fingerprint density at radius 3 is 2.56 bits per heavy atom. The van der Waals surface area contributed by atoms with Crippen molar-refractivity contribution in [2.45, 2.75) is 45.6 Å². The van der Waals surface area contributed by atoms with Gasteiger partial charge in [-0.2, -0.15) is 0 Å². The van der Waals surface area contributed by atoms with Gasteiger partial charge in [0.1, 0.15) is 0 Å². The minimum atomic E-state index is 0.122. The molecule has 4 nitrogen and oxygen atoms in total. The highest BCUT2D eigenvalue weighted by Crippen LogP contribution is 2.37. The van der Waals surface area contributed by atoms with E-state index in [4.69, 9.17) is 9.47 Å². The molecule has 27 heavy (non-hydrogen) atoms. The molecule has 0 saturated carbocycles. The summed E-state index contributed by atoms with van der Waals surface area (Å²) >= 11 is 0. The van der Waals surface area contributed by atoms with E-state index in [1.165, 1.54) is 16.7 Å². The number of nitrogens with zero attached hydrogens (tertiary/aromatic N) is 1. The quantitative estimate of drug-likeness (QED) is 0.748. The second-order valence-electron chi connectivity index (χ2n) is 7.29. The van der Waals surface area contributed by atoms with Crippen molar-refractivity contribution >= 4 is 5.91 Å². The predicted octanol–water partition coefficient (Wildman–Crippen LogP) is 4.62. The van der Waals surface area contributed by atoms with E-state index in [1.807, 2.05) is 23.1 Å². The van der Waals surface area contributed by atoms with Gasteiger partial charge in [0.15, 0.2) is 11.5 Å². The minimum absolute atomic E-state index is 0.122. The molecule has 144 valence electrons. The molecule has 0 radical (unpaired) electrons. The highest BCUT2D eigenvalue weighted by molar-refractivity contribution is 5.77. The SMILES string of the molecule is COc1ccc(C2CCCN2C(=O)CCc2ccc(C)cc2C)cc1OC. The van der Waals surface area contributed by atoms with Gasteiger partial charge in [0.05, 0.1) is 20.3 Å². The van der Waals surface area contributed by atoms with Crippen LogP contribution in [0.25, 0.3) is 0 Å². The van der Waals surface area contributed by atoms with Gasteiger partial charge in [-0.1, -0.05) is 29.8 Å². The number of carbonyl (C=O) groups is 1. The van der Waals surface area contributed by atoms with E-state index in [9.17, 15) is 4.79 Å². The summed E-state index contributed by atoms with van der Waals surface area (Å²) < 4.78 is 10.8. The second kappa shape index (κ2) is 8.47. The van der Waals surface area contributed by atoms with Crippen molar-refractivity contribution in [3.05, 3.63) is 58.7 Å². The molecule has 2 aromatic rings. The summed E-state index contributed by atoms with van der Waals surface area (Å²) in [5, 5.41) is 0. The molecule has 0 bridgehead atoms. The number of ether oxygens (including phenoxy) is 2. The van der Waals surface area contributed by atoms with Gasteiger partial charge < -0.3 is 14.4 Å². The Hall–Kier alpha value is -2.49. The monoisotopic (exact) mass is 367 g/mol. The molecule has 3 rings (SSSR count). The van der Waals surface area contributed by atoms with Crippen molar-refractivity contribution in [3.8, 4) is 11.5 Å². The van der Waals surface area contributed by atoms with Gasteiger partial charge in [-0.3, -0.25) is 4.79 Å². The summed E-state index contributed by atoms with van der Waals surface area (Å²) in [4.78, 5) is 15.0. The molecule has 1 heterocycles. The third kappa shape index (κ3) is 4.26. The lowest BCUT2D eigenvalue weighted by molar-refractivity contribution is -0.132. The molecule has 1 atom stereocenters. The number of methoxy groups -OCH3 is 2. The first-order valence-corrected chi connectivity index (χ1v) is 9.61. The van der Waals surface area contributed by atoms with E-state index in [0.717, 1.165) is 31.4 Å². The number of aryl methyl sites for hydroxylation is 3. The maximum atomic E-state index is 12.9. The summed E-state index contributed by atoms with van der Waals surface area (Å²) in [5.41, 5.74) is 4.90. The van der Waals surface area contributed by atoms with Gasteiger partial charge >= 0.3 is 0 Å². The molecular weight excluding hydrogens is 338 g/mol. The molecule has 1 unspecified atom stereocenters. The van der Waals surface area contributed by atoms with E-state index in [1.54, 1.807) is 14.2 Å². The van der Waals surface area contributed by atoms with E-state index in [-0.39, 0.29) is 11.9 Å². The largest absolute Gasteiger partial charge is 0.493 e. The predicted molar refractivity (Wildman–Crippen MR) is 107 cm³/mol. The zero-order valence-electron chi connectivity index (χ0n) is 16.7. The Kier molecular flexibility index (Phi) is 6.04. The average Bonchev–Trinajstić information content (AvgIpc) is 3.16. The molecule has 1 saturated heterocycles. The average molecular weight is 367 g/mol. The molecule has 2 aromatic carbocycles. The summed E-state index contributed by atoms with van der Waals surface area (Å²) in [6, 6.07) is 12.5. The number of amides is 1. The van der Waals surface area contributed by atoms with Crippen LogP contribution in [0.15, 0.2) is 36.4 Å². The van der Waals surface area contributed by atoms with Gasteiger partial charge in [-0.15, -0.1) is 0 Å². The Labute approximate surface area is 162 Å². The molecule has 0 aromatic heterocycles. The summed E-state index contributed by atoms with van der Waals surface area (Å²) in [5.74, 6) is 1.66. The van der Waals surface area contributed by atoms with Crippen LogP contribution < -0.4 is 9.47 Å². The van der Waals surface area contributed by atoms with Crippen molar-refractivity contribution in [2.24, 2.45) is 0 Å². The minimum Gasteiger partial charge on any atom is -0.493 e. The van der Waals surface area contributed by atoms with E-state index < -0.39 is 0 Å². The molecule has 1 fully saturated rings. The van der Waals surface area contributed by atoms with Crippen molar-refractivity contribution in [1.29, 1.82) is 0 Å². The number of benzene rings is 2. The Bertz CT molecular complexity index is 815. The Balaban J connectivity index is 1.71. The highest BCUT2D eigenvalue weighted by Gasteiger charge is 2.30. The third-order valence-corrected chi connectivity index (χ3v) is 5.47. The van der Waals surface area contributed by atoms with Crippen molar-refractivity contribution in [2.75, 3.05) is 20.8 Å². The van der Waals surface area contributed by atoms with Crippen molar-refractivity contribution in [3.63, 3.8) is 0 Å². The van der Waals surface area contributed by atoms with Gasteiger partial charge in [-0.25, -0.2) is 0 Å². The maximum Gasteiger partial charge on any atom is 0.223 e. The van der Waals surface area contributed by atoms with Crippen LogP contribution in [-0.4, -0.2) is 31.6 Å².